The molecule has 108 valence electrons. The Hall–Kier alpha value is -2.16. The van der Waals surface area contributed by atoms with E-state index in [4.69, 9.17) is 4.74 Å². The van der Waals surface area contributed by atoms with Crippen molar-refractivity contribution in [2.75, 3.05) is 0 Å². The lowest BCUT2D eigenvalue weighted by molar-refractivity contribution is 0.0993. The third-order valence-corrected chi connectivity index (χ3v) is 3.66. The zero-order chi connectivity index (χ0) is 15.0. The molecule has 1 heterocycles. The van der Waals surface area contributed by atoms with Crippen molar-refractivity contribution in [2.24, 2.45) is 0 Å². The second-order valence-corrected chi connectivity index (χ2v) is 6.09. The van der Waals surface area contributed by atoms with Crippen molar-refractivity contribution >= 4 is 5.78 Å². The van der Waals surface area contributed by atoms with Crippen molar-refractivity contribution in [3.63, 3.8) is 0 Å². The molecule has 3 heteroatoms. The summed E-state index contributed by atoms with van der Waals surface area (Å²) in [5.41, 5.74) is 2.36. The molecule has 0 amide bonds. The lowest BCUT2D eigenvalue weighted by atomic mass is 9.97. The fourth-order valence-corrected chi connectivity index (χ4v) is 2.67. The summed E-state index contributed by atoms with van der Waals surface area (Å²) in [7, 11) is 0. The number of benzene rings is 2. The minimum Gasteiger partial charge on any atom is -0.487 e. The molecule has 0 aromatic heterocycles. The Kier molecular flexibility index (Phi) is 3.28. The number of carbonyl (C=O) groups is 1. The van der Waals surface area contributed by atoms with Gasteiger partial charge in [-0.05, 0) is 55.3 Å². The maximum Gasteiger partial charge on any atom is 0.167 e. The highest BCUT2D eigenvalue weighted by Gasteiger charge is 2.30. The number of fused-ring (bicyclic) bond motifs is 1. The third kappa shape index (κ3) is 2.97. The topological polar surface area (TPSA) is 26.3 Å². The summed E-state index contributed by atoms with van der Waals surface area (Å²) < 4.78 is 18.7. The van der Waals surface area contributed by atoms with Crippen LogP contribution in [0, 0.1) is 5.82 Å². The number of hydrogen-bond acceptors (Lipinski definition) is 2. The zero-order valence-corrected chi connectivity index (χ0v) is 12.2. The average molecular weight is 284 g/mol. The second-order valence-electron chi connectivity index (χ2n) is 6.09. The van der Waals surface area contributed by atoms with Crippen LogP contribution < -0.4 is 4.74 Å². The first kappa shape index (κ1) is 13.8. The molecule has 2 aromatic carbocycles. The molecular weight excluding hydrogens is 267 g/mol. The Balaban J connectivity index is 1.79. The lowest BCUT2D eigenvalue weighted by Crippen LogP contribution is -2.24. The maximum absolute atomic E-state index is 12.9. The van der Waals surface area contributed by atoms with Gasteiger partial charge in [-0.1, -0.05) is 12.1 Å². The number of hydrogen-bond donors (Lipinski definition) is 0. The molecule has 1 aliphatic heterocycles. The Morgan fingerprint density at radius 3 is 2.62 bits per heavy atom. The van der Waals surface area contributed by atoms with Crippen molar-refractivity contribution in [1.29, 1.82) is 0 Å². The monoisotopic (exact) mass is 284 g/mol. The number of ketones is 1. The third-order valence-electron chi connectivity index (χ3n) is 3.66. The fourth-order valence-electron chi connectivity index (χ4n) is 2.67. The number of halogens is 1. The predicted molar refractivity (Wildman–Crippen MR) is 79.3 cm³/mol. The summed E-state index contributed by atoms with van der Waals surface area (Å²) in [6, 6.07) is 11.6. The number of Topliss-reactive ketones (excluding diaryl/α,β-unsaturated/α-hetero) is 1. The van der Waals surface area contributed by atoms with Gasteiger partial charge in [0.05, 0.1) is 0 Å². The molecule has 3 rings (SSSR count). The van der Waals surface area contributed by atoms with E-state index in [1.54, 1.807) is 18.2 Å². The molecule has 0 fully saturated rings. The van der Waals surface area contributed by atoms with Crippen LogP contribution in [-0.2, 0) is 12.8 Å². The Bertz CT molecular complexity index is 687. The van der Waals surface area contributed by atoms with Crippen molar-refractivity contribution in [3.8, 4) is 5.75 Å². The van der Waals surface area contributed by atoms with Gasteiger partial charge in [0, 0.05) is 18.4 Å². The van der Waals surface area contributed by atoms with E-state index in [9.17, 15) is 9.18 Å². The van der Waals surface area contributed by atoms with Gasteiger partial charge >= 0.3 is 0 Å². The Morgan fingerprint density at radius 1 is 1.19 bits per heavy atom. The van der Waals surface area contributed by atoms with Crippen LogP contribution in [-0.4, -0.2) is 11.4 Å². The Morgan fingerprint density at radius 2 is 1.90 bits per heavy atom. The molecule has 0 unspecified atom stereocenters. The van der Waals surface area contributed by atoms with Gasteiger partial charge < -0.3 is 4.74 Å². The van der Waals surface area contributed by atoms with Crippen molar-refractivity contribution in [3.05, 3.63) is 65.0 Å². The van der Waals surface area contributed by atoms with Gasteiger partial charge in [-0.15, -0.1) is 0 Å². The van der Waals surface area contributed by atoms with E-state index in [2.05, 4.69) is 0 Å². The summed E-state index contributed by atoms with van der Waals surface area (Å²) >= 11 is 0. The molecule has 21 heavy (non-hydrogen) atoms. The molecule has 2 nitrogen and oxygen atoms in total. The molecule has 0 atom stereocenters. The highest BCUT2D eigenvalue weighted by atomic mass is 19.1. The van der Waals surface area contributed by atoms with E-state index < -0.39 is 0 Å². The maximum atomic E-state index is 12.9. The van der Waals surface area contributed by atoms with Gasteiger partial charge in [-0.3, -0.25) is 4.79 Å². The van der Waals surface area contributed by atoms with Gasteiger partial charge in [-0.2, -0.15) is 0 Å². The van der Waals surface area contributed by atoms with Crippen LogP contribution >= 0.6 is 0 Å². The quantitative estimate of drug-likeness (QED) is 0.797. The first-order valence-corrected chi connectivity index (χ1v) is 7.02. The van der Waals surface area contributed by atoms with Crippen LogP contribution in [0.2, 0.25) is 0 Å². The largest absolute Gasteiger partial charge is 0.487 e. The van der Waals surface area contributed by atoms with Crippen LogP contribution in [0.1, 0.15) is 35.3 Å². The van der Waals surface area contributed by atoms with Crippen molar-refractivity contribution in [1.82, 2.24) is 0 Å². The minimum atomic E-state index is -0.289. The van der Waals surface area contributed by atoms with Gasteiger partial charge in [0.1, 0.15) is 17.2 Å². The van der Waals surface area contributed by atoms with Gasteiger partial charge in [-0.25, -0.2) is 4.39 Å². The first-order chi connectivity index (χ1) is 9.93. The van der Waals surface area contributed by atoms with E-state index in [1.165, 1.54) is 12.1 Å². The van der Waals surface area contributed by atoms with Crippen molar-refractivity contribution < 1.29 is 13.9 Å². The summed E-state index contributed by atoms with van der Waals surface area (Å²) in [4.78, 5) is 12.3. The lowest BCUT2D eigenvalue weighted by Gasteiger charge is -2.16. The molecule has 1 aliphatic rings. The first-order valence-electron chi connectivity index (χ1n) is 7.02. The van der Waals surface area contributed by atoms with Crippen LogP contribution in [0.25, 0.3) is 0 Å². The molecule has 0 saturated heterocycles. The van der Waals surface area contributed by atoms with Crippen LogP contribution in [0.5, 0.6) is 5.75 Å². The molecule has 0 radical (unpaired) electrons. The van der Waals surface area contributed by atoms with E-state index in [0.29, 0.717) is 5.56 Å². The summed E-state index contributed by atoms with van der Waals surface area (Å²) in [5.74, 6) is 0.607. The van der Waals surface area contributed by atoms with Crippen LogP contribution in [0.15, 0.2) is 42.5 Å². The molecule has 2 aromatic rings. The molecule has 0 bridgehead atoms. The standard InChI is InChI=1S/C18H17FO2/c1-18(2)11-14-10-13(5-8-17(14)21-18)16(20)9-12-3-6-15(19)7-4-12/h3-8,10H,9,11H2,1-2H3. The van der Waals surface area contributed by atoms with E-state index in [0.717, 1.165) is 23.3 Å². The van der Waals surface area contributed by atoms with E-state index in [1.807, 2.05) is 26.0 Å². The van der Waals surface area contributed by atoms with E-state index >= 15 is 0 Å². The number of ether oxygens (including phenoxy) is 1. The highest BCUT2D eigenvalue weighted by molar-refractivity contribution is 5.97. The second kappa shape index (κ2) is 4.99. The SMILES string of the molecule is CC1(C)Cc2cc(C(=O)Cc3ccc(F)cc3)ccc2O1. The fraction of sp³-hybridized carbons (Fsp3) is 0.278. The molecule has 0 saturated carbocycles. The van der Waals surface area contributed by atoms with Crippen molar-refractivity contribution in [2.45, 2.75) is 32.3 Å². The van der Waals surface area contributed by atoms with Crippen LogP contribution in [0.3, 0.4) is 0 Å². The Labute approximate surface area is 123 Å². The van der Waals surface area contributed by atoms with Gasteiger partial charge in [0.25, 0.3) is 0 Å². The average Bonchev–Trinajstić information content (AvgIpc) is 2.74. The smallest absolute Gasteiger partial charge is 0.167 e. The molecule has 0 aliphatic carbocycles. The molecule has 0 spiro atoms. The normalized spacial score (nSPS) is 15.4. The predicted octanol–water partition coefficient (Wildman–Crippen LogP) is 3.96. The highest BCUT2D eigenvalue weighted by Crippen LogP contribution is 2.35. The van der Waals surface area contributed by atoms with Crippen LogP contribution in [0.4, 0.5) is 4.39 Å². The number of rotatable bonds is 3. The van der Waals surface area contributed by atoms with Gasteiger partial charge in [0.2, 0.25) is 0 Å². The number of carbonyl (C=O) groups excluding carboxylic acids is 1. The van der Waals surface area contributed by atoms with Gasteiger partial charge in [0.15, 0.2) is 5.78 Å². The molecule has 0 N–H and O–H groups in total. The summed E-state index contributed by atoms with van der Waals surface area (Å²) in [6.07, 6.45) is 1.09. The summed E-state index contributed by atoms with van der Waals surface area (Å²) in [5, 5.41) is 0. The molecular formula is C18H17FO2. The zero-order valence-electron chi connectivity index (χ0n) is 12.2. The summed E-state index contributed by atoms with van der Waals surface area (Å²) in [6.45, 7) is 4.07. The minimum absolute atomic E-state index is 0.0362. The van der Waals surface area contributed by atoms with E-state index in [-0.39, 0.29) is 23.6 Å².